The maximum atomic E-state index is 12.8. The van der Waals surface area contributed by atoms with E-state index in [9.17, 15) is 13.2 Å². The first-order valence-corrected chi connectivity index (χ1v) is 10.4. The van der Waals surface area contributed by atoms with Crippen molar-refractivity contribution in [2.75, 3.05) is 14.2 Å². The Hall–Kier alpha value is -2.38. The molecule has 1 fully saturated rings. The van der Waals surface area contributed by atoms with Gasteiger partial charge in [-0.2, -0.15) is 0 Å². The van der Waals surface area contributed by atoms with Gasteiger partial charge in [0.25, 0.3) is 5.91 Å². The number of nitrogens with one attached hydrogen (secondary N) is 2. The standard InChI is InChI=1S/C20H24N2O4S/c1-21-27(24,25)18-11-5-15(6-12-18)19(23)22-20(13-3-4-14-20)16-7-9-17(26-2)10-8-16/h5-12,21H,3-4,13-14H2,1-2H3,(H,22,23). The fourth-order valence-electron chi connectivity index (χ4n) is 3.57. The minimum absolute atomic E-state index is 0.132. The second-order valence-corrected chi connectivity index (χ2v) is 8.59. The molecule has 1 aliphatic rings. The summed E-state index contributed by atoms with van der Waals surface area (Å²) in [7, 11) is -0.537. The van der Waals surface area contributed by atoms with E-state index in [1.54, 1.807) is 7.11 Å². The highest BCUT2D eigenvalue weighted by molar-refractivity contribution is 7.89. The number of ether oxygens (including phenoxy) is 1. The zero-order chi connectivity index (χ0) is 19.5. The van der Waals surface area contributed by atoms with Crippen LogP contribution in [0, 0.1) is 0 Å². The van der Waals surface area contributed by atoms with E-state index in [1.165, 1.54) is 31.3 Å². The highest BCUT2D eigenvalue weighted by Crippen LogP contribution is 2.39. The van der Waals surface area contributed by atoms with E-state index in [4.69, 9.17) is 4.74 Å². The Balaban J connectivity index is 1.83. The summed E-state index contributed by atoms with van der Waals surface area (Å²) < 4.78 is 31.1. The first kappa shape index (κ1) is 19.4. The molecule has 0 aromatic heterocycles. The SMILES string of the molecule is CNS(=O)(=O)c1ccc(C(=O)NC2(c3ccc(OC)cc3)CCCC2)cc1. The number of benzene rings is 2. The van der Waals surface area contributed by atoms with E-state index in [1.807, 2.05) is 24.3 Å². The molecule has 2 aromatic carbocycles. The van der Waals surface area contributed by atoms with Crippen LogP contribution >= 0.6 is 0 Å². The molecule has 7 heteroatoms. The van der Waals surface area contributed by atoms with Gasteiger partial charge in [0.15, 0.2) is 0 Å². The molecule has 3 rings (SSSR count). The Morgan fingerprint density at radius 2 is 1.59 bits per heavy atom. The van der Waals surface area contributed by atoms with Crippen LogP contribution in [-0.4, -0.2) is 28.5 Å². The summed E-state index contributed by atoms with van der Waals surface area (Å²) in [5, 5.41) is 3.19. The Kier molecular flexibility index (Phi) is 5.53. The van der Waals surface area contributed by atoms with Gasteiger partial charge >= 0.3 is 0 Å². The van der Waals surface area contributed by atoms with Crippen molar-refractivity contribution in [1.29, 1.82) is 0 Å². The normalized spacial score (nSPS) is 16.1. The zero-order valence-corrected chi connectivity index (χ0v) is 16.3. The van der Waals surface area contributed by atoms with Gasteiger partial charge in [-0.15, -0.1) is 0 Å². The molecule has 0 atom stereocenters. The number of hydrogen-bond donors (Lipinski definition) is 2. The van der Waals surface area contributed by atoms with Crippen LogP contribution in [0.25, 0.3) is 0 Å². The predicted octanol–water partition coefficient (Wildman–Crippen LogP) is 2.80. The fraction of sp³-hybridized carbons (Fsp3) is 0.350. The van der Waals surface area contributed by atoms with Crippen molar-refractivity contribution in [1.82, 2.24) is 10.0 Å². The van der Waals surface area contributed by atoms with Gasteiger partial charge in [0.05, 0.1) is 17.5 Å². The number of amides is 1. The van der Waals surface area contributed by atoms with E-state index < -0.39 is 15.6 Å². The largest absolute Gasteiger partial charge is 0.497 e. The Labute approximate surface area is 160 Å². The topological polar surface area (TPSA) is 84.5 Å². The molecule has 1 amide bonds. The Morgan fingerprint density at radius 1 is 1.00 bits per heavy atom. The summed E-state index contributed by atoms with van der Waals surface area (Å²) in [4.78, 5) is 13.0. The lowest BCUT2D eigenvalue weighted by molar-refractivity contribution is 0.0898. The maximum absolute atomic E-state index is 12.8. The van der Waals surface area contributed by atoms with Crippen molar-refractivity contribution in [3.05, 3.63) is 59.7 Å². The van der Waals surface area contributed by atoms with Gasteiger partial charge in [0.2, 0.25) is 10.0 Å². The lowest BCUT2D eigenvalue weighted by Crippen LogP contribution is -2.43. The van der Waals surface area contributed by atoms with Gasteiger partial charge in [-0.25, -0.2) is 13.1 Å². The smallest absolute Gasteiger partial charge is 0.251 e. The molecule has 0 saturated heterocycles. The van der Waals surface area contributed by atoms with E-state index in [-0.39, 0.29) is 10.8 Å². The first-order chi connectivity index (χ1) is 12.9. The van der Waals surface area contributed by atoms with Crippen LogP contribution in [0.1, 0.15) is 41.6 Å². The first-order valence-electron chi connectivity index (χ1n) is 8.91. The van der Waals surface area contributed by atoms with Crippen LogP contribution in [0.4, 0.5) is 0 Å². The van der Waals surface area contributed by atoms with Crippen molar-refractivity contribution in [3.63, 3.8) is 0 Å². The lowest BCUT2D eigenvalue weighted by atomic mass is 9.87. The van der Waals surface area contributed by atoms with E-state index in [0.29, 0.717) is 5.56 Å². The molecule has 144 valence electrons. The lowest BCUT2D eigenvalue weighted by Gasteiger charge is -2.31. The minimum Gasteiger partial charge on any atom is -0.497 e. The third-order valence-electron chi connectivity index (χ3n) is 5.15. The van der Waals surface area contributed by atoms with Crippen molar-refractivity contribution in [3.8, 4) is 5.75 Å². The van der Waals surface area contributed by atoms with Crippen LogP contribution < -0.4 is 14.8 Å². The highest BCUT2D eigenvalue weighted by Gasteiger charge is 2.37. The molecule has 1 aliphatic carbocycles. The van der Waals surface area contributed by atoms with Gasteiger partial charge in [-0.3, -0.25) is 4.79 Å². The number of carbonyl (C=O) groups excluding carboxylic acids is 1. The molecule has 0 heterocycles. The molecular formula is C20H24N2O4S. The molecule has 6 nitrogen and oxygen atoms in total. The summed E-state index contributed by atoms with van der Waals surface area (Å²) >= 11 is 0. The van der Waals surface area contributed by atoms with E-state index in [2.05, 4.69) is 10.0 Å². The number of rotatable bonds is 6. The second-order valence-electron chi connectivity index (χ2n) is 6.70. The third kappa shape index (κ3) is 3.99. The number of hydrogen-bond acceptors (Lipinski definition) is 4. The van der Waals surface area contributed by atoms with Gasteiger partial charge in [-0.1, -0.05) is 25.0 Å². The Morgan fingerprint density at radius 3 is 2.11 bits per heavy atom. The molecule has 0 bridgehead atoms. The van der Waals surface area contributed by atoms with Crippen LogP contribution in [-0.2, 0) is 15.6 Å². The molecule has 2 aromatic rings. The molecular weight excluding hydrogens is 364 g/mol. The molecule has 0 radical (unpaired) electrons. The zero-order valence-electron chi connectivity index (χ0n) is 15.5. The molecule has 27 heavy (non-hydrogen) atoms. The maximum Gasteiger partial charge on any atom is 0.251 e. The average molecular weight is 388 g/mol. The van der Waals surface area contributed by atoms with Crippen molar-refractivity contribution >= 4 is 15.9 Å². The fourth-order valence-corrected chi connectivity index (χ4v) is 4.30. The van der Waals surface area contributed by atoms with Gasteiger partial charge in [0, 0.05) is 5.56 Å². The van der Waals surface area contributed by atoms with E-state index >= 15 is 0 Å². The summed E-state index contributed by atoms with van der Waals surface area (Å²) in [6.07, 6.45) is 3.84. The quantitative estimate of drug-likeness (QED) is 0.797. The molecule has 0 unspecified atom stereocenters. The van der Waals surface area contributed by atoms with Crippen molar-refractivity contribution < 1.29 is 17.9 Å². The van der Waals surface area contributed by atoms with Crippen molar-refractivity contribution in [2.45, 2.75) is 36.1 Å². The van der Waals surface area contributed by atoms with Gasteiger partial charge in [-0.05, 0) is 61.9 Å². The summed E-state index contributed by atoms with van der Waals surface area (Å²) in [6, 6.07) is 13.7. The Bertz CT molecular complexity index is 900. The van der Waals surface area contributed by atoms with Gasteiger partial charge in [0.1, 0.15) is 5.75 Å². The summed E-state index contributed by atoms with van der Waals surface area (Å²) in [5.74, 6) is 0.570. The van der Waals surface area contributed by atoms with Crippen LogP contribution in [0.15, 0.2) is 53.4 Å². The summed E-state index contributed by atoms with van der Waals surface area (Å²) in [6.45, 7) is 0. The van der Waals surface area contributed by atoms with Crippen LogP contribution in [0.5, 0.6) is 5.75 Å². The predicted molar refractivity (Wildman–Crippen MR) is 103 cm³/mol. The molecule has 2 N–H and O–H groups in total. The van der Waals surface area contributed by atoms with Crippen molar-refractivity contribution in [2.24, 2.45) is 0 Å². The highest BCUT2D eigenvalue weighted by atomic mass is 32.2. The second kappa shape index (κ2) is 7.70. The average Bonchev–Trinajstić information content (AvgIpc) is 3.17. The van der Waals surface area contributed by atoms with Gasteiger partial charge < -0.3 is 10.1 Å². The van der Waals surface area contributed by atoms with Crippen LogP contribution in [0.3, 0.4) is 0 Å². The number of carbonyl (C=O) groups is 1. The number of methoxy groups -OCH3 is 1. The minimum atomic E-state index is -3.52. The third-order valence-corrected chi connectivity index (χ3v) is 6.58. The van der Waals surface area contributed by atoms with E-state index in [0.717, 1.165) is 37.0 Å². The monoisotopic (exact) mass is 388 g/mol. The molecule has 0 aliphatic heterocycles. The number of sulfonamides is 1. The molecule has 0 spiro atoms. The molecule has 1 saturated carbocycles. The van der Waals surface area contributed by atoms with Crippen LogP contribution in [0.2, 0.25) is 0 Å². The summed E-state index contributed by atoms with van der Waals surface area (Å²) in [5.41, 5.74) is 1.09.